The second kappa shape index (κ2) is 8.07. The molecule has 6 nitrogen and oxygen atoms in total. The minimum atomic E-state index is -0.360. The van der Waals surface area contributed by atoms with Crippen molar-refractivity contribution in [3.63, 3.8) is 0 Å². The van der Waals surface area contributed by atoms with E-state index in [4.69, 9.17) is 5.73 Å². The highest BCUT2D eigenvalue weighted by atomic mass is 16.2. The Balaban J connectivity index is 2.53. The summed E-state index contributed by atoms with van der Waals surface area (Å²) in [5.74, 6) is 0.0221. The quantitative estimate of drug-likeness (QED) is 0.608. The van der Waals surface area contributed by atoms with Gasteiger partial charge in [-0.25, -0.2) is 4.98 Å². The van der Waals surface area contributed by atoms with E-state index >= 15 is 0 Å². The largest absolute Gasteiger partial charge is 0.370 e. The van der Waals surface area contributed by atoms with E-state index in [9.17, 15) is 9.59 Å². The summed E-state index contributed by atoms with van der Waals surface area (Å²) < 4.78 is 0. The van der Waals surface area contributed by atoms with Crippen LogP contribution in [-0.4, -0.2) is 29.9 Å². The zero-order valence-electron chi connectivity index (χ0n) is 11.1. The van der Waals surface area contributed by atoms with E-state index < -0.39 is 0 Å². The number of carbonyl (C=O) groups excluding carboxylic acids is 2. The molecule has 0 fully saturated rings. The number of aromatic nitrogens is 1. The molecule has 0 aliphatic heterocycles. The molecule has 2 amide bonds. The lowest BCUT2D eigenvalue weighted by atomic mass is 10.2. The van der Waals surface area contributed by atoms with E-state index in [1.165, 1.54) is 0 Å². The van der Waals surface area contributed by atoms with Crippen molar-refractivity contribution >= 4 is 17.6 Å². The Morgan fingerprint density at radius 2 is 2.16 bits per heavy atom. The molecule has 19 heavy (non-hydrogen) atoms. The van der Waals surface area contributed by atoms with Crippen molar-refractivity contribution < 1.29 is 9.59 Å². The van der Waals surface area contributed by atoms with Crippen LogP contribution >= 0.6 is 0 Å². The lowest BCUT2D eigenvalue weighted by molar-refractivity contribution is -0.118. The summed E-state index contributed by atoms with van der Waals surface area (Å²) in [6, 6.07) is 3.43. The fourth-order valence-electron chi connectivity index (χ4n) is 1.53. The number of primary amides is 1. The molecule has 4 N–H and O–H groups in total. The number of pyridine rings is 1. The Bertz CT molecular complexity index is 434. The molecule has 0 radical (unpaired) electrons. The summed E-state index contributed by atoms with van der Waals surface area (Å²) in [5.41, 5.74) is 5.54. The van der Waals surface area contributed by atoms with Crippen molar-refractivity contribution in [3.05, 3.63) is 23.9 Å². The van der Waals surface area contributed by atoms with Crippen LogP contribution in [0.1, 0.15) is 36.5 Å². The highest BCUT2D eigenvalue weighted by Gasteiger charge is 2.11. The first kappa shape index (κ1) is 14.9. The lowest BCUT2D eigenvalue weighted by Crippen LogP contribution is -2.26. The number of amides is 2. The first-order chi connectivity index (χ1) is 9.15. The van der Waals surface area contributed by atoms with E-state index in [1.54, 1.807) is 18.3 Å². The second-order valence-electron chi connectivity index (χ2n) is 4.15. The molecular weight excluding hydrogens is 244 g/mol. The maximum Gasteiger partial charge on any atom is 0.255 e. The summed E-state index contributed by atoms with van der Waals surface area (Å²) in [6.07, 6.45) is 3.41. The Kier molecular flexibility index (Phi) is 6.35. The van der Waals surface area contributed by atoms with Gasteiger partial charge < -0.3 is 16.4 Å². The van der Waals surface area contributed by atoms with Crippen LogP contribution in [0, 0.1) is 0 Å². The number of hydrogen-bond acceptors (Lipinski definition) is 4. The zero-order chi connectivity index (χ0) is 14.1. The summed E-state index contributed by atoms with van der Waals surface area (Å²) in [6.45, 7) is 3.22. The predicted octanol–water partition coefficient (Wildman–Crippen LogP) is 0.899. The molecule has 0 aliphatic carbocycles. The number of nitrogens with one attached hydrogen (secondary N) is 2. The highest BCUT2D eigenvalue weighted by Crippen LogP contribution is 2.11. The molecule has 0 aromatic carbocycles. The summed E-state index contributed by atoms with van der Waals surface area (Å²) in [7, 11) is 0. The third-order valence-electron chi connectivity index (χ3n) is 2.48. The van der Waals surface area contributed by atoms with Gasteiger partial charge in [-0.1, -0.05) is 6.92 Å². The van der Waals surface area contributed by atoms with Crippen LogP contribution in [0.25, 0.3) is 0 Å². The maximum atomic E-state index is 12.0. The van der Waals surface area contributed by atoms with Crippen molar-refractivity contribution in [2.45, 2.75) is 26.2 Å². The minimum absolute atomic E-state index is 0.198. The van der Waals surface area contributed by atoms with Gasteiger partial charge in [0.25, 0.3) is 5.91 Å². The topological polar surface area (TPSA) is 97.1 Å². The Morgan fingerprint density at radius 3 is 2.84 bits per heavy atom. The predicted molar refractivity (Wildman–Crippen MR) is 73.8 cm³/mol. The third-order valence-corrected chi connectivity index (χ3v) is 2.48. The van der Waals surface area contributed by atoms with Gasteiger partial charge in [0, 0.05) is 25.7 Å². The molecule has 1 heterocycles. The second-order valence-corrected chi connectivity index (χ2v) is 4.15. The number of anilines is 1. The van der Waals surface area contributed by atoms with E-state index in [0.717, 1.165) is 13.0 Å². The van der Waals surface area contributed by atoms with Crippen molar-refractivity contribution in [1.29, 1.82) is 0 Å². The number of rotatable bonds is 8. The molecule has 0 saturated heterocycles. The Morgan fingerprint density at radius 1 is 1.37 bits per heavy atom. The molecule has 0 atom stereocenters. The molecule has 0 aliphatic rings. The van der Waals surface area contributed by atoms with Gasteiger partial charge in [-0.3, -0.25) is 9.59 Å². The summed E-state index contributed by atoms with van der Waals surface area (Å²) in [5, 5.41) is 5.85. The fraction of sp³-hybridized carbons (Fsp3) is 0.462. The molecule has 1 aromatic heterocycles. The molecule has 0 bridgehead atoms. The molecule has 1 rings (SSSR count). The monoisotopic (exact) mass is 264 g/mol. The minimum Gasteiger partial charge on any atom is -0.370 e. The SMILES string of the molecule is CCCNc1ncccc1C(=O)NCCCC(N)=O. The number of hydrogen-bond donors (Lipinski definition) is 3. The van der Waals surface area contributed by atoms with Crippen LogP contribution in [0.15, 0.2) is 18.3 Å². The van der Waals surface area contributed by atoms with Crippen molar-refractivity contribution in [3.8, 4) is 0 Å². The summed E-state index contributed by atoms with van der Waals surface area (Å²) >= 11 is 0. The van der Waals surface area contributed by atoms with Gasteiger partial charge in [-0.2, -0.15) is 0 Å². The molecule has 0 saturated carbocycles. The van der Waals surface area contributed by atoms with E-state index in [1.807, 2.05) is 6.92 Å². The van der Waals surface area contributed by atoms with Gasteiger partial charge >= 0.3 is 0 Å². The zero-order valence-corrected chi connectivity index (χ0v) is 11.1. The first-order valence-corrected chi connectivity index (χ1v) is 6.40. The van der Waals surface area contributed by atoms with E-state index in [-0.39, 0.29) is 18.2 Å². The highest BCUT2D eigenvalue weighted by molar-refractivity contribution is 5.98. The molecule has 1 aromatic rings. The lowest BCUT2D eigenvalue weighted by Gasteiger charge is -2.10. The third kappa shape index (κ3) is 5.37. The molecule has 6 heteroatoms. The average molecular weight is 264 g/mol. The summed E-state index contributed by atoms with van der Waals surface area (Å²) in [4.78, 5) is 26.7. The molecule has 0 spiro atoms. The smallest absolute Gasteiger partial charge is 0.255 e. The van der Waals surface area contributed by atoms with E-state index in [0.29, 0.717) is 24.3 Å². The number of nitrogens with two attached hydrogens (primary N) is 1. The Labute approximate surface area is 112 Å². The maximum absolute atomic E-state index is 12.0. The van der Waals surface area contributed by atoms with Gasteiger partial charge in [0.1, 0.15) is 5.82 Å². The van der Waals surface area contributed by atoms with Crippen LogP contribution in [-0.2, 0) is 4.79 Å². The van der Waals surface area contributed by atoms with Gasteiger partial charge in [-0.05, 0) is 25.0 Å². The van der Waals surface area contributed by atoms with Crippen LogP contribution in [0.3, 0.4) is 0 Å². The average Bonchev–Trinajstić information content (AvgIpc) is 2.41. The van der Waals surface area contributed by atoms with Crippen LogP contribution in [0.4, 0.5) is 5.82 Å². The molecule has 0 unspecified atom stereocenters. The van der Waals surface area contributed by atoms with Crippen molar-refractivity contribution in [2.75, 3.05) is 18.4 Å². The van der Waals surface area contributed by atoms with Crippen LogP contribution in [0.5, 0.6) is 0 Å². The van der Waals surface area contributed by atoms with Crippen LogP contribution < -0.4 is 16.4 Å². The van der Waals surface area contributed by atoms with Gasteiger partial charge in [0.2, 0.25) is 5.91 Å². The van der Waals surface area contributed by atoms with Crippen molar-refractivity contribution in [2.24, 2.45) is 5.73 Å². The molecular formula is C13H20N4O2. The van der Waals surface area contributed by atoms with Gasteiger partial charge in [-0.15, -0.1) is 0 Å². The van der Waals surface area contributed by atoms with Gasteiger partial charge in [0.15, 0.2) is 0 Å². The normalized spacial score (nSPS) is 9.95. The standard InChI is InChI=1S/C13H20N4O2/c1-2-7-15-12-10(5-3-8-16-12)13(19)17-9-4-6-11(14)18/h3,5,8H,2,4,6-7,9H2,1H3,(H2,14,18)(H,15,16)(H,17,19). The fourth-order valence-corrected chi connectivity index (χ4v) is 1.53. The number of carbonyl (C=O) groups is 2. The van der Waals surface area contributed by atoms with Crippen molar-refractivity contribution in [1.82, 2.24) is 10.3 Å². The molecule has 104 valence electrons. The number of nitrogens with zero attached hydrogens (tertiary/aromatic N) is 1. The van der Waals surface area contributed by atoms with Crippen LogP contribution in [0.2, 0.25) is 0 Å². The first-order valence-electron chi connectivity index (χ1n) is 6.40. The Hall–Kier alpha value is -2.11. The van der Waals surface area contributed by atoms with Gasteiger partial charge in [0.05, 0.1) is 5.56 Å². The van der Waals surface area contributed by atoms with E-state index in [2.05, 4.69) is 15.6 Å².